The number of methoxy groups -OCH3 is 1. The van der Waals surface area contributed by atoms with Gasteiger partial charge in [-0.05, 0) is 23.8 Å². The Labute approximate surface area is 217 Å². The van der Waals surface area contributed by atoms with E-state index in [1.807, 2.05) is 91.0 Å². The lowest BCUT2D eigenvalue weighted by Crippen LogP contribution is -2.67. The molecule has 0 aliphatic carbocycles. The minimum Gasteiger partial charge on any atom is -0.497 e. The van der Waals surface area contributed by atoms with Crippen molar-refractivity contribution in [3.05, 3.63) is 121 Å². The monoisotopic (exact) mass is 511 g/mol. The lowest BCUT2D eigenvalue weighted by atomic mass is 9.80. The summed E-state index contributed by atoms with van der Waals surface area (Å²) in [6, 6.07) is 26.7. The van der Waals surface area contributed by atoms with E-state index in [2.05, 4.69) is 5.43 Å². The summed E-state index contributed by atoms with van der Waals surface area (Å²) in [7, 11) is 5.12. The summed E-state index contributed by atoms with van der Waals surface area (Å²) in [6.45, 7) is 0. The molecule has 6 rings (SSSR count). The molecule has 1 aromatic heterocycles. The van der Waals surface area contributed by atoms with Crippen molar-refractivity contribution < 1.29 is 9.53 Å². The zero-order valence-electron chi connectivity index (χ0n) is 20.6. The first-order valence-corrected chi connectivity index (χ1v) is 12.6. The number of rotatable bonds is 4. The first-order valence-electron chi connectivity index (χ1n) is 11.8. The number of hydrogen-bond acceptors (Lipinski definition) is 6. The third-order valence-electron chi connectivity index (χ3n) is 7.19. The van der Waals surface area contributed by atoms with Gasteiger partial charge in [-0.3, -0.25) is 20.0 Å². The van der Waals surface area contributed by atoms with Crippen LogP contribution >= 0.6 is 11.3 Å². The maximum Gasteiger partial charge on any atom is 0.324 e. The van der Waals surface area contributed by atoms with Crippen LogP contribution in [0.1, 0.15) is 16.7 Å². The molecule has 4 aromatic rings. The Hall–Kier alpha value is -4.37. The van der Waals surface area contributed by atoms with Gasteiger partial charge in [-0.25, -0.2) is 9.79 Å². The number of likely N-dealkylation sites (N-methyl/N-ethyl adjacent to an activating group) is 2. The van der Waals surface area contributed by atoms with Crippen LogP contribution in [-0.4, -0.2) is 41.7 Å². The highest BCUT2D eigenvalue weighted by Gasteiger charge is 2.69. The van der Waals surface area contributed by atoms with Crippen molar-refractivity contribution in [2.24, 2.45) is 4.99 Å². The van der Waals surface area contributed by atoms with E-state index in [0.717, 1.165) is 22.4 Å². The molecule has 1 N–H and O–H groups in total. The third-order valence-corrected chi connectivity index (χ3v) is 8.15. The number of nitrogens with zero attached hydrogens (tertiary/aromatic N) is 4. The van der Waals surface area contributed by atoms with Gasteiger partial charge in [0.1, 0.15) is 5.75 Å². The smallest absolute Gasteiger partial charge is 0.324 e. The van der Waals surface area contributed by atoms with E-state index < -0.39 is 11.3 Å². The lowest BCUT2D eigenvalue weighted by molar-refractivity contribution is 0.0648. The van der Waals surface area contributed by atoms with Crippen LogP contribution in [-0.2, 0) is 11.3 Å². The predicted octanol–water partition coefficient (Wildman–Crippen LogP) is 2.63. The molecule has 0 spiro atoms. The van der Waals surface area contributed by atoms with E-state index in [-0.39, 0.29) is 11.6 Å². The van der Waals surface area contributed by atoms with Crippen molar-refractivity contribution in [2.75, 3.05) is 26.6 Å². The summed E-state index contributed by atoms with van der Waals surface area (Å²) in [6.07, 6.45) is 1.84. The van der Waals surface area contributed by atoms with E-state index >= 15 is 0 Å². The topological polar surface area (TPSA) is 79.2 Å². The minimum absolute atomic E-state index is 0.211. The number of aromatic nitrogens is 1. The third kappa shape index (κ3) is 3.10. The second-order valence-corrected chi connectivity index (χ2v) is 10.1. The summed E-state index contributed by atoms with van der Waals surface area (Å²) >= 11 is 1.29. The largest absolute Gasteiger partial charge is 0.497 e. The second-order valence-electron chi connectivity index (χ2n) is 9.05. The lowest BCUT2D eigenvalue weighted by Gasteiger charge is -2.49. The van der Waals surface area contributed by atoms with E-state index in [9.17, 15) is 9.59 Å². The number of hydrogen-bond donors (Lipinski definition) is 1. The van der Waals surface area contributed by atoms with Crippen LogP contribution in [0.2, 0.25) is 0 Å². The molecule has 37 heavy (non-hydrogen) atoms. The number of carbonyl (C=O) groups is 1. The molecule has 3 heterocycles. The Balaban J connectivity index is 1.67. The van der Waals surface area contributed by atoms with Crippen LogP contribution < -0.4 is 25.1 Å². The Bertz CT molecular complexity index is 1670. The van der Waals surface area contributed by atoms with Crippen LogP contribution in [0.25, 0.3) is 6.08 Å². The molecule has 2 amide bonds. The van der Waals surface area contributed by atoms with Gasteiger partial charge in [0.05, 0.1) is 11.6 Å². The molecule has 0 radical (unpaired) electrons. The number of thiazole rings is 1. The highest BCUT2D eigenvalue weighted by molar-refractivity contribution is 7.07. The number of fused-ring (bicyclic) bond motifs is 2. The highest BCUT2D eigenvalue weighted by atomic mass is 32.1. The number of carbonyl (C=O) groups excluding carboxylic acids is 1. The number of benzene rings is 3. The van der Waals surface area contributed by atoms with Crippen LogP contribution in [0.4, 0.5) is 4.79 Å². The van der Waals surface area contributed by atoms with E-state index in [4.69, 9.17) is 9.73 Å². The molecule has 3 aromatic carbocycles. The first kappa shape index (κ1) is 23.1. The number of amides is 2. The molecular weight excluding hydrogens is 486 g/mol. The summed E-state index contributed by atoms with van der Waals surface area (Å²) in [4.78, 5) is 36.3. The highest BCUT2D eigenvalue weighted by Crippen LogP contribution is 2.53. The fourth-order valence-corrected chi connectivity index (χ4v) is 6.34. The molecule has 0 bridgehead atoms. The molecule has 1 fully saturated rings. The van der Waals surface area contributed by atoms with Gasteiger partial charge < -0.3 is 4.74 Å². The van der Waals surface area contributed by atoms with Crippen molar-refractivity contribution in [3.63, 3.8) is 0 Å². The number of ether oxygens (including phenoxy) is 1. The maximum absolute atomic E-state index is 13.7. The summed E-state index contributed by atoms with van der Waals surface area (Å²) in [5.74, 6) is 0.745. The minimum atomic E-state index is -1.18. The number of urea groups is 1. The SMILES string of the molecule is COc1ccc(/C=c2/sc3n(c2=O)N[C@@]2(c4ccccc4)N(C)C(=O)N(C)[C@@]2(c2ccccc2)N=3)cc1. The van der Waals surface area contributed by atoms with Gasteiger partial charge in [0, 0.05) is 25.2 Å². The molecule has 2 atom stereocenters. The van der Waals surface area contributed by atoms with Gasteiger partial charge >= 0.3 is 6.03 Å². The van der Waals surface area contributed by atoms with Gasteiger partial charge in [0.15, 0.2) is 0 Å². The first-order chi connectivity index (χ1) is 17.9. The van der Waals surface area contributed by atoms with Crippen molar-refractivity contribution >= 4 is 23.4 Å². The predicted molar refractivity (Wildman–Crippen MR) is 142 cm³/mol. The molecule has 2 aliphatic heterocycles. The van der Waals surface area contributed by atoms with E-state index in [1.165, 1.54) is 16.0 Å². The Morgan fingerprint density at radius 2 is 1.49 bits per heavy atom. The molecule has 9 heteroatoms. The van der Waals surface area contributed by atoms with Crippen molar-refractivity contribution in [1.29, 1.82) is 0 Å². The molecule has 1 saturated heterocycles. The fraction of sp³-hybridized carbons (Fsp3) is 0.179. The Morgan fingerprint density at radius 1 is 0.865 bits per heavy atom. The molecular formula is C28H25N5O3S. The Kier molecular flexibility index (Phi) is 5.20. The van der Waals surface area contributed by atoms with Crippen LogP contribution in [0, 0.1) is 0 Å². The van der Waals surface area contributed by atoms with Gasteiger partial charge in [-0.2, -0.15) is 4.68 Å². The van der Waals surface area contributed by atoms with Gasteiger partial charge in [0.2, 0.25) is 16.1 Å². The molecule has 8 nitrogen and oxygen atoms in total. The van der Waals surface area contributed by atoms with Crippen LogP contribution in [0.3, 0.4) is 0 Å². The van der Waals surface area contributed by atoms with Crippen molar-refractivity contribution in [1.82, 2.24) is 14.5 Å². The average Bonchev–Trinajstić information content (AvgIpc) is 3.33. The zero-order chi connectivity index (χ0) is 25.8. The molecule has 2 aliphatic rings. The maximum atomic E-state index is 13.7. The Morgan fingerprint density at radius 3 is 2.11 bits per heavy atom. The zero-order valence-corrected chi connectivity index (χ0v) is 21.4. The van der Waals surface area contributed by atoms with Gasteiger partial charge in [-0.15, -0.1) is 0 Å². The van der Waals surface area contributed by atoms with Crippen molar-refractivity contribution in [2.45, 2.75) is 11.3 Å². The summed E-state index contributed by atoms with van der Waals surface area (Å²) in [5, 5.41) is 0. The van der Waals surface area contributed by atoms with Gasteiger partial charge in [0.25, 0.3) is 5.56 Å². The average molecular weight is 512 g/mol. The number of nitrogens with one attached hydrogen (secondary N) is 1. The molecule has 0 unspecified atom stereocenters. The summed E-state index contributed by atoms with van der Waals surface area (Å²) in [5.41, 5.74) is 3.41. The fourth-order valence-electron chi connectivity index (χ4n) is 5.37. The van der Waals surface area contributed by atoms with Crippen LogP contribution in [0.15, 0.2) is 94.7 Å². The van der Waals surface area contributed by atoms with Crippen LogP contribution in [0.5, 0.6) is 5.75 Å². The second kappa shape index (κ2) is 8.35. The standard InChI is InChI=1S/C28H25N5O3S/c1-31-26(35)32(2)28(21-12-8-5-9-13-21)27(31,20-10-6-4-7-11-20)29-25-33(30-28)24(34)23(37-25)18-19-14-16-22(36-3)17-15-19/h4-18,30H,1-3H3/b23-18+/t27-,28+/m1/s1. The summed E-state index contributed by atoms with van der Waals surface area (Å²) < 4.78 is 7.24. The van der Waals surface area contributed by atoms with Gasteiger partial charge in [-0.1, -0.05) is 84.1 Å². The normalized spacial score (nSPS) is 22.8. The van der Waals surface area contributed by atoms with Crippen molar-refractivity contribution in [3.8, 4) is 5.75 Å². The molecule has 0 saturated carbocycles. The quantitative estimate of drug-likeness (QED) is 0.457. The van der Waals surface area contributed by atoms with E-state index in [1.54, 1.807) is 31.0 Å². The molecule has 186 valence electrons. The van der Waals surface area contributed by atoms with E-state index in [0.29, 0.717) is 9.33 Å².